The van der Waals surface area contributed by atoms with Crippen molar-refractivity contribution in [2.24, 2.45) is 11.7 Å². The smallest absolute Gasteiger partial charge is 0.350 e. The highest BCUT2D eigenvalue weighted by Gasteiger charge is 1.98. The molecule has 0 saturated carbocycles. The van der Waals surface area contributed by atoms with Gasteiger partial charge in [0.05, 0.1) is 0 Å². The van der Waals surface area contributed by atoms with Crippen molar-refractivity contribution in [2.75, 3.05) is 0 Å². The molecule has 0 atom stereocenters. The third-order valence-corrected chi connectivity index (χ3v) is 0.675. The molecule has 0 bridgehead atoms. The van der Waals surface area contributed by atoms with E-state index in [-0.39, 0.29) is 0 Å². The molecule has 0 rings (SSSR count). The number of hydrazine groups is 2. The van der Waals surface area contributed by atoms with E-state index in [0.717, 1.165) is 12.2 Å². The quantitative estimate of drug-likeness (QED) is 0.208. The number of carbonyl (C=O) groups excluding carboxylic acids is 2. The van der Waals surface area contributed by atoms with Crippen molar-refractivity contribution < 1.29 is 19.3 Å². The van der Waals surface area contributed by atoms with Gasteiger partial charge in [0, 0.05) is 12.2 Å². The van der Waals surface area contributed by atoms with E-state index >= 15 is 0 Å². The van der Waals surface area contributed by atoms with E-state index in [2.05, 4.69) is 21.4 Å². The molecule has 0 radical (unpaired) electrons. The molecule has 0 saturated heterocycles. The topological polar surface area (TPSA) is 129 Å². The van der Waals surface area contributed by atoms with Gasteiger partial charge < -0.3 is 9.68 Å². The Morgan fingerprint density at radius 3 is 1.58 bits per heavy atom. The first kappa shape index (κ1) is 10.5. The summed E-state index contributed by atoms with van der Waals surface area (Å²) >= 11 is 0. The number of hydrogen-bond donors (Lipinski definition) is 4. The summed E-state index contributed by atoms with van der Waals surface area (Å²) in [7, 11) is 0. The molecule has 0 fully saturated rings. The van der Waals surface area contributed by atoms with Crippen LogP contribution in [0.4, 0.5) is 0 Å². The second kappa shape index (κ2) is 6.24. The summed E-state index contributed by atoms with van der Waals surface area (Å²) in [5.41, 5.74) is 3.26. The number of rotatable bonds is 4. The Bertz CT molecular complexity index is 171. The molecule has 0 unspecified atom stereocenters. The van der Waals surface area contributed by atoms with Gasteiger partial charge in [-0.15, -0.1) is 0 Å². The number of carbonyl (C=O) groups is 2. The molecule has 0 aromatic carbocycles. The molecular weight excluding hydrogens is 168 g/mol. The van der Waals surface area contributed by atoms with E-state index in [0.29, 0.717) is 0 Å². The Hall–Kier alpha value is -1.48. The van der Waals surface area contributed by atoms with Crippen LogP contribution in [0, 0.1) is 0 Å². The van der Waals surface area contributed by atoms with Crippen molar-refractivity contribution in [1.29, 1.82) is 0 Å². The van der Waals surface area contributed by atoms with Gasteiger partial charge in [-0.3, -0.25) is 0 Å². The molecule has 0 heterocycles. The van der Waals surface area contributed by atoms with Gasteiger partial charge in [0.15, 0.2) is 0 Å². The van der Waals surface area contributed by atoms with Gasteiger partial charge in [-0.2, -0.15) is 0 Å². The van der Waals surface area contributed by atoms with Crippen LogP contribution in [0.25, 0.3) is 0 Å². The summed E-state index contributed by atoms with van der Waals surface area (Å²) in [6, 6.07) is 0. The van der Waals surface area contributed by atoms with Gasteiger partial charge in [0.2, 0.25) is 0 Å². The lowest BCUT2D eigenvalue weighted by atomic mass is 10.5. The summed E-state index contributed by atoms with van der Waals surface area (Å²) in [6.07, 6.45) is 1.61. The average Bonchev–Trinajstić information content (AvgIpc) is 2.02. The fraction of sp³-hybridized carbons (Fsp3) is 0. The summed E-state index contributed by atoms with van der Waals surface area (Å²) in [4.78, 5) is 28.9. The maximum absolute atomic E-state index is 10.4. The van der Waals surface area contributed by atoms with Crippen molar-refractivity contribution in [2.45, 2.75) is 0 Å². The Morgan fingerprint density at radius 2 is 1.33 bits per heavy atom. The van der Waals surface area contributed by atoms with E-state index in [1.54, 1.807) is 11.2 Å². The fourth-order valence-corrected chi connectivity index (χ4v) is 0.320. The van der Waals surface area contributed by atoms with Crippen LogP contribution in [0.15, 0.2) is 12.2 Å². The minimum atomic E-state index is -0.841. The molecule has 0 aromatic heterocycles. The van der Waals surface area contributed by atoms with Gasteiger partial charge in [-0.1, -0.05) is 11.2 Å². The maximum atomic E-state index is 10.4. The lowest BCUT2D eigenvalue weighted by molar-refractivity contribution is -0.147. The van der Waals surface area contributed by atoms with Gasteiger partial charge in [0.1, 0.15) is 0 Å². The number of nitrogens with one attached hydrogen (secondary N) is 2. The predicted octanol–water partition coefficient (Wildman–Crippen LogP) is -2.61. The van der Waals surface area contributed by atoms with Gasteiger partial charge in [0.25, 0.3) is 0 Å². The Morgan fingerprint density at radius 1 is 1.00 bits per heavy atom. The van der Waals surface area contributed by atoms with E-state index in [9.17, 15) is 9.59 Å². The predicted molar refractivity (Wildman–Crippen MR) is 36.0 cm³/mol. The Kier molecular flexibility index (Phi) is 5.47. The highest BCUT2D eigenvalue weighted by molar-refractivity contribution is 5.91. The van der Waals surface area contributed by atoms with E-state index in [1.165, 1.54) is 0 Å². The van der Waals surface area contributed by atoms with Crippen LogP contribution in [0.1, 0.15) is 0 Å². The maximum Gasteiger partial charge on any atom is 0.350 e. The fourth-order valence-electron chi connectivity index (χ4n) is 0.320. The zero-order valence-electron chi connectivity index (χ0n) is 5.94. The summed E-state index contributed by atoms with van der Waals surface area (Å²) in [5, 5.41) is 0. The summed E-state index contributed by atoms with van der Waals surface area (Å²) in [6.45, 7) is 0. The molecule has 6 N–H and O–H groups in total. The van der Waals surface area contributed by atoms with Gasteiger partial charge in [-0.25, -0.2) is 21.3 Å². The van der Waals surface area contributed by atoms with Crippen LogP contribution < -0.4 is 22.9 Å². The molecule has 0 aliphatic heterocycles. The van der Waals surface area contributed by atoms with Crippen molar-refractivity contribution in [1.82, 2.24) is 11.2 Å². The highest BCUT2D eigenvalue weighted by Crippen LogP contribution is 1.79. The van der Waals surface area contributed by atoms with Crippen molar-refractivity contribution in [3.8, 4) is 0 Å². The molecule has 0 aliphatic rings. The largest absolute Gasteiger partial charge is 0.352 e. The normalized spacial score (nSPS) is 9.83. The minimum absolute atomic E-state index is 0.805. The van der Waals surface area contributed by atoms with Gasteiger partial charge >= 0.3 is 11.9 Å². The third-order valence-electron chi connectivity index (χ3n) is 0.675. The zero-order chi connectivity index (χ0) is 9.40. The van der Waals surface area contributed by atoms with Crippen LogP contribution in [-0.2, 0) is 19.3 Å². The zero-order valence-corrected chi connectivity index (χ0v) is 5.94. The minimum Gasteiger partial charge on any atom is -0.352 e. The van der Waals surface area contributed by atoms with Crippen LogP contribution >= 0.6 is 0 Å². The van der Waals surface area contributed by atoms with Crippen LogP contribution in [0.2, 0.25) is 0 Å². The SMILES string of the molecule is NNOC(=O)C=CC(=O)ONN. The third kappa shape index (κ3) is 5.32. The first-order chi connectivity index (χ1) is 5.70. The summed E-state index contributed by atoms with van der Waals surface area (Å²) in [5.74, 6) is 7.56. The van der Waals surface area contributed by atoms with Crippen molar-refractivity contribution >= 4 is 11.9 Å². The van der Waals surface area contributed by atoms with E-state index < -0.39 is 11.9 Å². The highest BCUT2D eigenvalue weighted by atomic mass is 16.7. The number of nitrogens with two attached hydrogens (primary N) is 2. The molecule has 0 spiro atoms. The van der Waals surface area contributed by atoms with Crippen molar-refractivity contribution in [3.05, 3.63) is 12.2 Å². The molecular formula is C4H8N4O4. The molecule has 12 heavy (non-hydrogen) atoms. The molecule has 8 heteroatoms. The van der Waals surface area contributed by atoms with Crippen LogP contribution in [0.3, 0.4) is 0 Å². The molecule has 0 amide bonds. The number of hydrogen-bond acceptors (Lipinski definition) is 8. The van der Waals surface area contributed by atoms with Crippen molar-refractivity contribution in [3.63, 3.8) is 0 Å². The monoisotopic (exact) mass is 176 g/mol. The summed E-state index contributed by atoms with van der Waals surface area (Å²) < 4.78 is 0. The van der Waals surface area contributed by atoms with E-state index in [4.69, 9.17) is 0 Å². The first-order valence-corrected chi connectivity index (χ1v) is 2.71. The van der Waals surface area contributed by atoms with Crippen LogP contribution in [-0.4, -0.2) is 11.9 Å². The molecule has 68 valence electrons. The first-order valence-electron chi connectivity index (χ1n) is 2.71. The molecule has 8 nitrogen and oxygen atoms in total. The average molecular weight is 176 g/mol. The Balaban J connectivity index is 3.73. The van der Waals surface area contributed by atoms with Gasteiger partial charge in [-0.05, 0) is 0 Å². The second-order valence-electron chi connectivity index (χ2n) is 1.41. The lowest BCUT2D eigenvalue weighted by Crippen LogP contribution is -2.26. The molecule has 0 aromatic rings. The molecule has 0 aliphatic carbocycles. The standard InChI is InChI=1S/C4H8N4O4/c5-7-11-3(9)1-2-4(10)12-8-6/h1-2,7-8H,5-6H2. The van der Waals surface area contributed by atoms with E-state index in [1.807, 2.05) is 0 Å². The Labute approximate surface area is 67.3 Å². The van der Waals surface area contributed by atoms with Crippen LogP contribution in [0.5, 0.6) is 0 Å². The second-order valence-corrected chi connectivity index (χ2v) is 1.41. The lowest BCUT2D eigenvalue weighted by Gasteiger charge is -1.95.